The van der Waals surface area contributed by atoms with Crippen molar-refractivity contribution in [1.29, 1.82) is 0 Å². The highest BCUT2D eigenvalue weighted by Gasteiger charge is 2.28. The maximum Gasteiger partial charge on any atom is 0.389 e. The van der Waals surface area contributed by atoms with Crippen molar-refractivity contribution in [3.8, 4) is 5.75 Å². The van der Waals surface area contributed by atoms with Crippen LogP contribution in [0.25, 0.3) is 0 Å². The van der Waals surface area contributed by atoms with Crippen LogP contribution in [0, 0.1) is 5.82 Å². The molecule has 0 aromatic heterocycles. The maximum absolute atomic E-state index is 12.9. The molecule has 1 rings (SSSR count). The number of hydrogen-bond acceptors (Lipinski definition) is 2. The van der Waals surface area contributed by atoms with E-state index in [-0.39, 0.29) is 11.3 Å². The fourth-order valence-corrected chi connectivity index (χ4v) is 1.29. The quantitative estimate of drug-likeness (QED) is 0.605. The monoisotopic (exact) mass is 250 g/mol. The molecule has 0 bridgehead atoms. The molecule has 1 aromatic carbocycles. The fraction of sp³-hybridized carbons (Fsp3) is 0.364. The Labute approximate surface area is 95.2 Å². The molecule has 1 aromatic rings. The van der Waals surface area contributed by atoms with E-state index in [1.807, 2.05) is 0 Å². The van der Waals surface area contributed by atoms with E-state index in [1.165, 1.54) is 13.2 Å². The second-order valence-corrected chi connectivity index (χ2v) is 3.38. The molecule has 0 aliphatic rings. The summed E-state index contributed by atoms with van der Waals surface area (Å²) in [5.41, 5.74) is -0.170. The van der Waals surface area contributed by atoms with Crippen LogP contribution in [-0.2, 0) is 0 Å². The van der Waals surface area contributed by atoms with Crippen LogP contribution in [-0.4, -0.2) is 19.1 Å². The van der Waals surface area contributed by atoms with Crippen molar-refractivity contribution >= 4 is 5.78 Å². The highest BCUT2D eigenvalue weighted by atomic mass is 19.4. The van der Waals surface area contributed by atoms with E-state index in [1.54, 1.807) is 0 Å². The molecule has 0 radical (unpaired) electrons. The van der Waals surface area contributed by atoms with Gasteiger partial charge >= 0.3 is 6.18 Å². The molecule has 0 N–H and O–H groups in total. The topological polar surface area (TPSA) is 26.3 Å². The molecule has 0 saturated carbocycles. The molecule has 0 unspecified atom stereocenters. The van der Waals surface area contributed by atoms with E-state index in [9.17, 15) is 22.4 Å². The van der Waals surface area contributed by atoms with Crippen molar-refractivity contribution in [3.63, 3.8) is 0 Å². The summed E-state index contributed by atoms with van der Waals surface area (Å²) in [5.74, 6) is -1.42. The number of ketones is 1. The number of alkyl halides is 3. The van der Waals surface area contributed by atoms with Crippen LogP contribution in [0.1, 0.15) is 23.2 Å². The number of hydrogen-bond donors (Lipinski definition) is 0. The second kappa shape index (κ2) is 5.16. The number of methoxy groups -OCH3 is 1. The van der Waals surface area contributed by atoms with E-state index >= 15 is 0 Å². The van der Waals surface area contributed by atoms with Gasteiger partial charge in [-0.2, -0.15) is 13.2 Å². The molecule has 0 spiro atoms. The smallest absolute Gasteiger partial charge is 0.389 e. The lowest BCUT2D eigenvalue weighted by Crippen LogP contribution is -2.11. The summed E-state index contributed by atoms with van der Waals surface area (Å²) >= 11 is 0. The third-order valence-electron chi connectivity index (χ3n) is 2.10. The first-order chi connectivity index (χ1) is 7.83. The van der Waals surface area contributed by atoms with Crippen LogP contribution in [0.3, 0.4) is 0 Å². The minimum Gasteiger partial charge on any atom is -0.496 e. The minimum atomic E-state index is -4.41. The Morgan fingerprint density at radius 3 is 2.53 bits per heavy atom. The lowest BCUT2D eigenvalue weighted by molar-refractivity contribution is -0.133. The lowest BCUT2D eigenvalue weighted by atomic mass is 10.1. The molecule has 0 saturated heterocycles. The Hall–Kier alpha value is -1.59. The number of benzene rings is 1. The molecular weight excluding hydrogens is 240 g/mol. The van der Waals surface area contributed by atoms with E-state index in [0.717, 1.165) is 12.1 Å². The van der Waals surface area contributed by atoms with Gasteiger partial charge in [0.05, 0.1) is 19.1 Å². The van der Waals surface area contributed by atoms with Gasteiger partial charge in [0.1, 0.15) is 11.6 Å². The van der Waals surface area contributed by atoms with Crippen LogP contribution in [0.5, 0.6) is 5.75 Å². The summed E-state index contributed by atoms with van der Waals surface area (Å²) in [4.78, 5) is 11.5. The molecule has 6 heteroatoms. The van der Waals surface area contributed by atoms with Crippen LogP contribution in [0.4, 0.5) is 17.6 Å². The predicted molar refractivity (Wildman–Crippen MR) is 52.6 cm³/mol. The van der Waals surface area contributed by atoms with Crippen LogP contribution in [0.2, 0.25) is 0 Å². The molecule has 0 heterocycles. The third kappa shape index (κ3) is 4.05. The summed E-state index contributed by atoms with van der Waals surface area (Å²) in [6.45, 7) is 0. The Bertz CT molecular complexity index is 412. The largest absolute Gasteiger partial charge is 0.496 e. The Morgan fingerprint density at radius 2 is 2.00 bits per heavy atom. The summed E-state index contributed by atoms with van der Waals surface area (Å²) in [6.07, 6.45) is -6.36. The van der Waals surface area contributed by atoms with E-state index in [2.05, 4.69) is 0 Å². The van der Waals surface area contributed by atoms with Crippen molar-refractivity contribution in [2.24, 2.45) is 0 Å². The summed E-state index contributed by atoms with van der Waals surface area (Å²) < 4.78 is 53.5. The van der Waals surface area contributed by atoms with Gasteiger partial charge in [-0.3, -0.25) is 4.79 Å². The van der Waals surface area contributed by atoms with Crippen molar-refractivity contribution in [3.05, 3.63) is 29.6 Å². The number of carbonyl (C=O) groups is 1. The van der Waals surface area contributed by atoms with Gasteiger partial charge < -0.3 is 4.74 Å². The Balaban J connectivity index is 2.84. The average Bonchev–Trinajstić information content (AvgIpc) is 2.25. The third-order valence-corrected chi connectivity index (χ3v) is 2.10. The molecule has 94 valence electrons. The van der Waals surface area contributed by atoms with Crippen molar-refractivity contribution < 1.29 is 27.1 Å². The first-order valence-corrected chi connectivity index (χ1v) is 4.77. The first kappa shape index (κ1) is 13.5. The zero-order chi connectivity index (χ0) is 13.1. The van der Waals surface area contributed by atoms with Gasteiger partial charge in [0, 0.05) is 6.42 Å². The van der Waals surface area contributed by atoms with Gasteiger partial charge in [-0.15, -0.1) is 0 Å². The van der Waals surface area contributed by atoms with Crippen molar-refractivity contribution in [2.45, 2.75) is 19.0 Å². The number of carbonyl (C=O) groups excluding carboxylic acids is 1. The molecule has 0 aliphatic carbocycles. The first-order valence-electron chi connectivity index (χ1n) is 4.77. The van der Waals surface area contributed by atoms with Crippen LogP contribution in [0.15, 0.2) is 18.2 Å². The van der Waals surface area contributed by atoms with Crippen LogP contribution >= 0.6 is 0 Å². The molecule has 2 nitrogen and oxygen atoms in total. The SMILES string of the molecule is COc1ccc(F)cc1C(=O)CCC(F)(F)F. The zero-order valence-electron chi connectivity index (χ0n) is 8.97. The second-order valence-electron chi connectivity index (χ2n) is 3.38. The minimum absolute atomic E-state index is 0.0681. The summed E-state index contributed by atoms with van der Waals surface area (Å²) in [7, 11) is 1.26. The Morgan fingerprint density at radius 1 is 1.35 bits per heavy atom. The van der Waals surface area contributed by atoms with Gasteiger partial charge in [-0.25, -0.2) is 4.39 Å². The van der Waals surface area contributed by atoms with Crippen molar-refractivity contribution in [2.75, 3.05) is 7.11 Å². The van der Waals surface area contributed by atoms with E-state index in [0.29, 0.717) is 0 Å². The highest BCUT2D eigenvalue weighted by Crippen LogP contribution is 2.26. The highest BCUT2D eigenvalue weighted by molar-refractivity contribution is 5.98. The molecule has 0 amide bonds. The fourth-order valence-electron chi connectivity index (χ4n) is 1.29. The number of Topliss-reactive ketones (excluding diaryl/α,β-unsaturated/α-hetero) is 1. The van der Waals surface area contributed by atoms with E-state index < -0.39 is 30.6 Å². The van der Waals surface area contributed by atoms with Gasteiger partial charge in [0.15, 0.2) is 5.78 Å². The maximum atomic E-state index is 12.9. The molecule has 0 aliphatic heterocycles. The normalized spacial score (nSPS) is 11.4. The summed E-state index contributed by atoms with van der Waals surface area (Å²) in [5, 5.41) is 0. The Kier molecular flexibility index (Phi) is 4.09. The summed E-state index contributed by atoms with van der Waals surface area (Å²) in [6, 6.07) is 3.15. The predicted octanol–water partition coefficient (Wildman–Crippen LogP) is 3.36. The zero-order valence-corrected chi connectivity index (χ0v) is 8.97. The molecule has 0 fully saturated rings. The molecule has 17 heavy (non-hydrogen) atoms. The molecule has 0 atom stereocenters. The number of ether oxygens (including phenoxy) is 1. The lowest BCUT2D eigenvalue weighted by Gasteiger charge is -2.09. The van der Waals surface area contributed by atoms with Crippen LogP contribution < -0.4 is 4.74 Å². The number of halogens is 4. The van der Waals surface area contributed by atoms with E-state index in [4.69, 9.17) is 4.74 Å². The molecular formula is C11H10F4O2. The van der Waals surface area contributed by atoms with Gasteiger partial charge in [-0.05, 0) is 18.2 Å². The standard InChI is InChI=1S/C11H10F4O2/c1-17-10-3-2-7(12)6-8(10)9(16)4-5-11(13,14)15/h2-3,6H,4-5H2,1H3. The van der Waals surface area contributed by atoms with Gasteiger partial charge in [0.2, 0.25) is 0 Å². The van der Waals surface area contributed by atoms with Gasteiger partial charge in [-0.1, -0.05) is 0 Å². The van der Waals surface area contributed by atoms with Gasteiger partial charge in [0.25, 0.3) is 0 Å². The average molecular weight is 250 g/mol. The number of rotatable bonds is 4. The van der Waals surface area contributed by atoms with Crippen molar-refractivity contribution in [1.82, 2.24) is 0 Å².